The first-order valence-corrected chi connectivity index (χ1v) is 10.9. The fourth-order valence-electron chi connectivity index (χ4n) is 4.73. The first-order chi connectivity index (χ1) is 15.4. The van der Waals surface area contributed by atoms with Gasteiger partial charge in [0.1, 0.15) is 5.75 Å². The van der Waals surface area contributed by atoms with Gasteiger partial charge in [-0.15, -0.1) is 0 Å². The normalized spacial score (nSPS) is 17.8. The number of fused-ring (bicyclic) bond motifs is 6. The third-order valence-electron chi connectivity index (χ3n) is 6.25. The van der Waals surface area contributed by atoms with Gasteiger partial charge < -0.3 is 19.3 Å². The van der Waals surface area contributed by atoms with Crippen molar-refractivity contribution in [2.24, 2.45) is 0 Å². The molecule has 0 saturated carbocycles. The molecule has 0 fully saturated rings. The minimum Gasteiger partial charge on any atom is -0.440 e. The van der Waals surface area contributed by atoms with Crippen LogP contribution in [0.4, 0.5) is 11.6 Å². The summed E-state index contributed by atoms with van der Waals surface area (Å²) in [5.41, 5.74) is 3.40. The second kappa shape index (κ2) is 7.22. The Hall–Kier alpha value is -3.61. The maximum atomic E-state index is 13.0. The average Bonchev–Trinajstić information content (AvgIpc) is 3.07. The number of nitrogens with zero attached hydrogens (tertiary/aromatic N) is 4. The first kappa shape index (κ1) is 20.3. The maximum absolute atomic E-state index is 13.0. The van der Waals surface area contributed by atoms with Crippen molar-refractivity contribution in [3.8, 4) is 11.6 Å². The van der Waals surface area contributed by atoms with Crippen molar-refractivity contribution in [1.82, 2.24) is 9.97 Å². The second-order valence-corrected chi connectivity index (χ2v) is 8.25. The van der Waals surface area contributed by atoms with Gasteiger partial charge in [-0.05, 0) is 39.0 Å². The van der Waals surface area contributed by atoms with Gasteiger partial charge in [-0.25, -0.2) is 9.78 Å². The van der Waals surface area contributed by atoms with Crippen molar-refractivity contribution in [3.05, 3.63) is 70.4 Å². The third kappa shape index (κ3) is 2.70. The van der Waals surface area contributed by atoms with Crippen LogP contribution in [-0.2, 0) is 10.3 Å². The zero-order valence-electron chi connectivity index (χ0n) is 19.0. The summed E-state index contributed by atoms with van der Waals surface area (Å²) in [5, 5.41) is 0. The van der Waals surface area contributed by atoms with E-state index in [0.29, 0.717) is 34.4 Å². The van der Waals surface area contributed by atoms with Crippen molar-refractivity contribution in [2.45, 2.75) is 26.4 Å². The zero-order valence-corrected chi connectivity index (χ0v) is 19.0. The van der Waals surface area contributed by atoms with Crippen molar-refractivity contribution in [1.29, 1.82) is 0 Å². The molecular weight excluding hydrogens is 404 g/mol. The lowest BCUT2D eigenvalue weighted by Crippen LogP contribution is -2.35. The number of esters is 1. The highest BCUT2D eigenvalue weighted by Crippen LogP contribution is 2.56. The van der Waals surface area contributed by atoms with E-state index in [2.05, 4.69) is 29.8 Å². The Bertz CT molecular complexity index is 1240. The highest BCUT2D eigenvalue weighted by Gasteiger charge is 2.55. The molecule has 2 aliphatic rings. The fourth-order valence-corrected chi connectivity index (χ4v) is 4.73. The zero-order chi connectivity index (χ0) is 22.6. The molecule has 3 aromatic rings. The Labute approximate surface area is 187 Å². The lowest BCUT2D eigenvalue weighted by molar-refractivity contribution is 0.0218. The van der Waals surface area contributed by atoms with Gasteiger partial charge in [-0.3, -0.25) is 0 Å². The predicted molar refractivity (Wildman–Crippen MR) is 123 cm³/mol. The number of aryl methyl sites for hydroxylation is 1. The van der Waals surface area contributed by atoms with Gasteiger partial charge in [0.2, 0.25) is 11.8 Å². The van der Waals surface area contributed by atoms with Crippen LogP contribution in [0.25, 0.3) is 0 Å². The Morgan fingerprint density at radius 3 is 2.47 bits per heavy atom. The van der Waals surface area contributed by atoms with Crippen molar-refractivity contribution >= 4 is 17.6 Å². The summed E-state index contributed by atoms with van der Waals surface area (Å²) in [7, 11) is 3.77. The molecule has 0 N–H and O–H groups in total. The van der Waals surface area contributed by atoms with Crippen molar-refractivity contribution in [2.75, 3.05) is 37.0 Å². The van der Waals surface area contributed by atoms with E-state index in [1.807, 2.05) is 56.3 Å². The minimum absolute atomic E-state index is 0.358. The van der Waals surface area contributed by atoms with Crippen LogP contribution in [0.1, 0.15) is 46.6 Å². The topological polar surface area (TPSA) is 67.8 Å². The van der Waals surface area contributed by atoms with Crippen molar-refractivity contribution in [3.63, 3.8) is 0 Å². The van der Waals surface area contributed by atoms with Crippen molar-refractivity contribution < 1.29 is 14.3 Å². The Morgan fingerprint density at radius 2 is 1.75 bits per heavy atom. The van der Waals surface area contributed by atoms with Gasteiger partial charge in [-0.2, -0.15) is 4.98 Å². The van der Waals surface area contributed by atoms with E-state index in [1.165, 1.54) is 0 Å². The molecule has 2 aromatic carbocycles. The lowest BCUT2D eigenvalue weighted by atomic mass is 9.78. The van der Waals surface area contributed by atoms with E-state index in [9.17, 15) is 4.79 Å². The molecule has 0 amide bonds. The maximum Gasteiger partial charge on any atom is 0.340 e. The number of anilines is 2. The minimum atomic E-state index is -1.15. The van der Waals surface area contributed by atoms with Crippen LogP contribution in [0.15, 0.2) is 42.5 Å². The number of hydrogen-bond acceptors (Lipinski definition) is 7. The number of ether oxygens (including phenoxy) is 2. The van der Waals surface area contributed by atoms with Crippen LogP contribution in [0.2, 0.25) is 0 Å². The summed E-state index contributed by atoms with van der Waals surface area (Å²) in [6.07, 6.45) is 0. The van der Waals surface area contributed by atoms with E-state index in [4.69, 9.17) is 14.5 Å². The molecule has 2 aliphatic heterocycles. The Balaban J connectivity index is 1.83. The molecule has 1 aromatic heterocycles. The van der Waals surface area contributed by atoms with Gasteiger partial charge in [0.25, 0.3) is 0 Å². The summed E-state index contributed by atoms with van der Waals surface area (Å²) in [4.78, 5) is 26.4. The van der Waals surface area contributed by atoms with E-state index < -0.39 is 5.60 Å². The molecule has 7 heteroatoms. The predicted octanol–water partition coefficient (Wildman–Crippen LogP) is 4.27. The summed E-state index contributed by atoms with van der Waals surface area (Å²) in [6, 6.07) is 13.6. The summed E-state index contributed by atoms with van der Waals surface area (Å²) >= 11 is 0. The monoisotopic (exact) mass is 430 g/mol. The molecule has 0 aliphatic carbocycles. The standard InChI is InChI=1S/C25H26N4O3/c1-6-29(7-2)16-12-13-19-20(14-16)31-22-21(15(3)26-24(27-22)28(4)5)25(19)18-11-9-8-10-17(18)23(30)32-25/h8-14H,6-7H2,1-5H3. The van der Waals surface area contributed by atoms with Crippen LogP contribution in [0, 0.1) is 6.92 Å². The molecule has 0 bridgehead atoms. The first-order valence-electron chi connectivity index (χ1n) is 10.9. The molecule has 1 atom stereocenters. The smallest absolute Gasteiger partial charge is 0.340 e. The van der Waals surface area contributed by atoms with Crippen LogP contribution in [0.5, 0.6) is 11.6 Å². The van der Waals surface area contributed by atoms with Crippen LogP contribution < -0.4 is 14.5 Å². The van der Waals surface area contributed by atoms with Crippen LogP contribution >= 0.6 is 0 Å². The number of hydrogen-bond donors (Lipinski definition) is 0. The van der Waals surface area contributed by atoms with E-state index in [0.717, 1.165) is 29.9 Å². The average molecular weight is 431 g/mol. The van der Waals surface area contributed by atoms with E-state index in [1.54, 1.807) is 6.07 Å². The number of benzene rings is 2. The molecule has 3 heterocycles. The van der Waals surface area contributed by atoms with Gasteiger partial charge in [0.05, 0.1) is 16.8 Å². The van der Waals surface area contributed by atoms with Gasteiger partial charge in [-0.1, -0.05) is 18.2 Å². The molecule has 1 spiro atoms. The van der Waals surface area contributed by atoms with Gasteiger partial charge >= 0.3 is 5.97 Å². The number of carbonyl (C=O) groups excluding carboxylic acids is 1. The second-order valence-electron chi connectivity index (χ2n) is 8.25. The van der Waals surface area contributed by atoms with E-state index in [-0.39, 0.29) is 5.97 Å². The molecule has 7 nitrogen and oxygen atoms in total. The van der Waals surface area contributed by atoms with Crippen LogP contribution in [-0.4, -0.2) is 43.1 Å². The molecule has 1 unspecified atom stereocenters. The quantitative estimate of drug-likeness (QED) is 0.573. The highest BCUT2D eigenvalue weighted by atomic mass is 16.6. The number of rotatable bonds is 4. The fraction of sp³-hybridized carbons (Fsp3) is 0.320. The largest absolute Gasteiger partial charge is 0.440 e. The third-order valence-corrected chi connectivity index (χ3v) is 6.25. The van der Waals surface area contributed by atoms with Gasteiger partial charge in [0.15, 0.2) is 5.60 Å². The van der Waals surface area contributed by atoms with Gasteiger partial charge in [0, 0.05) is 50.1 Å². The summed E-state index contributed by atoms with van der Waals surface area (Å²) in [5.74, 6) is 1.23. The Morgan fingerprint density at radius 1 is 1.00 bits per heavy atom. The Kier molecular flexibility index (Phi) is 4.58. The summed E-state index contributed by atoms with van der Waals surface area (Å²) in [6.45, 7) is 7.90. The van der Waals surface area contributed by atoms with Crippen LogP contribution in [0.3, 0.4) is 0 Å². The lowest BCUT2D eigenvalue weighted by Gasteiger charge is -2.37. The molecule has 0 saturated heterocycles. The number of aromatic nitrogens is 2. The SMILES string of the molecule is CCN(CC)c1ccc2c(c1)Oc1nc(N(C)C)nc(C)c1C21OC(=O)c2ccccc21. The molecule has 32 heavy (non-hydrogen) atoms. The highest BCUT2D eigenvalue weighted by molar-refractivity contribution is 5.97. The molecule has 164 valence electrons. The van der Waals surface area contributed by atoms with E-state index >= 15 is 0 Å². The molecular formula is C25H26N4O3. The molecule has 0 radical (unpaired) electrons. The molecule has 5 rings (SSSR count). The summed E-state index contributed by atoms with van der Waals surface area (Å²) < 4.78 is 12.6. The number of carbonyl (C=O) groups is 1.